The van der Waals surface area contributed by atoms with Gasteiger partial charge in [0.05, 0.1) is 18.1 Å². The number of benzene rings is 2. The van der Waals surface area contributed by atoms with E-state index in [0.29, 0.717) is 16.4 Å². The topological polar surface area (TPSA) is 89.5 Å². The van der Waals surface area contributed by atoms with Crippen LogP contribution in [0.15, 0.2) is 48.5 Å². The van der Waals surface area contributed by atoms with Crippen LogP contribution in [0.2, 0.25) is 5.02 Å². The number of halogens is 1. The lowest BCUT2D eigenvalue weighted by Crippen LogP contribution is -2.34. The van der Waals surface area contributed by atoms with E-state index < -0.39 is 12.0 Å². The summed E-state index contributed by atoms with van der Waals surface area (Å²) in [7, 11) is 0. The number of nitrogens with one attached hydrogen (secondary N) is 1. The average molecular weight is 344 g/mol. The van der Waals surface area contributed by atoms with Gasteiger partial charge in [0.15, 0.2) is 0 Å². The number of amides is 2. The second kappa shape index (κ2) is 6.33. The summed E-state index contributed by atoms with van der Waals surface area (Å²) in [6.45, 7) is 0. The Morgan fingerprint density at radius 1 is 1.08 bits per heavy atom. The van der Waals surface area contributed by atoms with Gasteiger partial charge >= 0.3 is 0 Å². The molecule has 0 aliphatic carbocycles. The van der Waals surface area contributed by atoms with Gasteiger partial charge in [0.25, 0.3) is 5.91 Å². The van der Waals surface area contributed by atoms with E-state index in [-0.39, 0.29) is 23.8 Å². The Kier molecular flexibility index (Phi) is 4.22. The van der Waals surface area contributed by atoms with Crippen molar-refractivity contribution in [2.24, 2.45) is 0 Å². The molecule has 2 amide bonds. The lowest BCUT2D eigenvalue weighted by molar-refractivity contribution is -0.255. The molecule has 0 bridgehead atoms. The molecule has 0 spiro atoms. The van der Waals surface area contributed by atoms with E-state index in [9.17, 15) is 19.5 Å². The van der Waals surface area contributed by atoms with E-state index in [1.54, 1.807) is 24.3 Å². The molecule has 24 heavy (non-hydrogen) atoms. The van der Waals surface area contributed by atoms with E-state index in [2.05, 4.69) is 5.32 Å². The lowest BCUT2D eigenvalue weighted by Gasteiger charge is -2.16. The second-order valence-electron chi connectivity index (χ2n) is 5.31. The number of imide groups is 1. The summed E-state index contributed by atoms with van der Waals surface area (Å²) in [5.41, 5.74) is 1.05. The van der Waals surface area contributed by atoms with Crippen molar-refractivity contribution >= 4 is 40.8 Å². The van der Waals surface area contributed by atoms with Crippen molar-refractivity contribution in [1.29, 1.82) is 0 Å². The Balaban J connectivity index is 1.76. The quantitative estimate of drug-likeness (QED) is 0.849. The second-order valence-corrected chi connectivity index (χ2v) is 5.75. The maximum Gasteiger partial charge on any atom is 0.256 e. The van der Waals surface area contributed by atoms with Crippen LogP contribution >= 0.6 is 11.6 Å². The summed E-state index contributed by atoms with van der Waals surface area (Å²) < 4.78 is 0. The van der Waals surface area contributed by atoms with Gasteiger partial charge in [-0.15, -0.1) is 0 Å². The highest BCUT2D eigenvalue weighted by atomic mass is 35.5. The summed E-state index contributed by atoms with van der Waals surface area (Å²) in [5.74, 6) is -1.96. The Bertz CT molecular complexity index is 802. The zero-order valence-corrected chi connectivity index (χ0v) is 13.1. The molecule has 1 aliphatic heterocycles. The molecule has 122 valence electrons. The van der Waals surface area contributed by atoms with Crippen LogP contribution < -0.4 is 15.3 Å². The summed E-state index contributed by atoms with van der Waals surface area (Å²) >= 11 is 5.82. The van der Waals surface area contributed by atoms with Gasteiger partial charge in [-0.1, -0.05) is 23.7 Å². The van der Waals surface area contributed by atoms with Crippen molar-refractivity contribution in [2.75, 3.05) is 10.2 Å². The number of carboxylic acids is 1. The Morgan fingerprint density at radius 3 is 2.29 bits per heavy atom. The fourth-order valence-corrected chi connectivity index (χ4v) is 2.64. The summed E-state index contributed by atoms with van der Waals surface area (Å²) in [4.78, 5) is 36.5. The molecule has 1 aliphatic rings. The molecular weight excluding hydrogens is 332 g/mol. The van der Waals surface area contributed by atoms with Crippen LogP contribution in [0.25, 0.3) is 0 Å². The summed E-state index contributed by atoms with van der Waals surface area (Å²) in [5, 5.41) is 14.2. The van der Waals surface area contributed by atoms with Crippen LogP contribution in [0, 0.1) is 0 Å². The number of aromatic carboxylic acids is 1. The summed E-state index contributed by atoms with van der Waals surface area (Å²) in [6.07, 6.45) is 0.0176. The van der Waals surface area contributed by atoms with Crippen molar-refractivity contribution in [1.82, 2.24) is 0 Å². The van der Waals surface area contributed by atoms with E-state index in [1.807, 2.05) is 0 Å². The molecule has 0 unspecified atom stereocenters. The maximum absolute atomic E-state index is 12.5. The largest absolute Gasteiger partial charge is 0.545 e. The normalized spacial score (nSPS) is 17.2. The van der Waals surface area contributed by atoms with Gasteiger partial charge in [-0.2, -0.15) is 0 Å². The maximum atomic E-state index is 12.5. The molecule has 1 fully saturated rings. The van der Waals surface area contributed by atoms with Gasteiger partial charge in [-0.05, 0) is 42.0 Å². The Hall–Kier alpha value is -2.86. The summed E-state index contributed by atoms with van der Waals surface area (Å²) in [6, 6.07) is 11.5. The van der Waals surface area contributed by atoms with Crippen molar-refractivity contribution in [2.45, 2.75) is 12.5 Å². The number of anilines is 2. The molecular formula is C17H12ClN2O4-. The monoisotopic (exact) mass is 343 g/mol. The third kappa shape index (κ3) is 3.09. The fraction of sp³-hybridized carbons (Fsp3) is 0.118. The van der Waals surface area contributed by atoms with Gasteiger partial charge in [-0.25, -0.2) is 4.90 Å². The third-order valence-corrected chi connectivity index (χ3v) is 3.94. The fourth-order valence-electron chi connectivity index (χ4n) is 2.51. The molecule has 0 saturated carbocycles. The number of hydrogen-bond donors (Lipinski definition) is 1. The van der Waals surface area contributed by atoms with Crippen LogP contribution in [0.1, 0.15) is 16.8 Å². The van der Waals surface area contributed by atoms with Crippen LogP contribution in [-0.4, -0.2) is 23.8 Å². The van der Waals surface area contributed by atoms with E-state index in [0.717, 1.165) is 4.90 Å². The SMILES string of the molecule is O=C([O-])c1ccc(N[C@H]2CC(=O)N(c3ccc(Cl)cc3)C2=O)cc1. The molecule has 1 saturated heterocycles. The van der Waals surface area contributed by atoms with E-state index in [1.165, 1.54) is 24.3 Å². The molecule has 0 radical (unpaired) electrons. The Morgan fingerprint density at radius 2 is 1.71 bits per heavy atom. The minimum atomic E-state index is -1.28. The molecule has 3 rings (SSSR count). The predicted octanol–water partition coefficient (Wildman–Crippen LogP) is 1.45. The molecule has 6 nitrogen and oxygen atoms in total. The van der Waals surface area contributed by atoms with Crippen molar-refractivity contribution in [3.8, 4) is 0 Å². The number of nitrogens with zero attached hydrogens (tertiary/aromatic N) is 1. The first-order chi connectivity index (χ1) is 11.5. The zero-order valence-electron chi connectivity index (χ0n) is 12.4. The predicted molar refractivity (Wildman–Crippen MR) is 86.7 cm³/mol. The van der Waals surface area contributed by atoms with E-state index >= 15 is 0 Å². The number of carboxylic acid groups (broad SMARTS) is 1. The minimum Gasteiger partial charge on any atom is -0.545 e. The first-order valence-electron chi connectivity index (χ1n) is 7.16. The van der Waals surface area contributed by atoms with E-state index in [4.69, 9.17) is 11.6 Å². The van der Waals surface area contributed by atoms with Crippen LogP contribution in [0.4, 0.5) is 11.4 Å². The number of carbonyl (C=O) groups is 3. The van der Waals surface area contributed by atoms with Crippen LogP contribution in [0.5, 0.6) is 0 Å². The van der Waals surface area contributed by atoms with Gasteiger partial charge in [0.1, 0.15) is 6.04 Å². The minimum absolute atomic E-state index is 0.0176. The van der Waals surface area contributed by atoms with Crippen LogP contribution in [-0.2, 0) is 9.59 Å². The number of carbonyl (C=O) groups excluding carboxylic acids is 3. The molecule has 2 aromatic rings. The highest BCUT2D eigenvalue weighted by Gasteiger charge is 2.39. The molecule has 2 aromatic carbocycles. The standard InChI is InChI=1S/C17H13ClN2O4/c18-11-3-7-13(8-4-11)20-15(21)9-14(16(20)22)19-12-5-1-10(2-6-12)17(23)24/h1-8,14,19H,9H2,(H,23,24)/p-1/t14-/m0/s1. The molecule has 1 N–H and O–H groups in total. The number of rotatable bonds is 4. The first kappa shape index (κ1) is 16.0. The zero-order chi connectivity index (χ0) is 17.3. The van der Waals surface area contributed by atoms with Crippen molar-refractivity contribution in [3.05, 3.63) is 59.1 Å². The van der Waals surface area contributed by atoms with Gasteiger partial charge in [-0.3, -0.25) is 9.59 Å². The number of hydrogen-bond acceptors (Lipinski definition) is 5. The third-order valence-electron chi connectivity index (χ3n) is 3.69. The van der Waals surface area contributed by atoms with Gasteiger partial charge in [0.2, 0.25) is 5.91 Å². The van der Waals surface area contributed by atoms with Crippen molar-refractivity contribution in [3.63, 3.8) is 0 Å². The molecule has 0 aromatic heterocycles. The molecule has 1 atom stereocenters. The highest BCUT2D eigenvalue weighted by Crippen LogP contribution is 2.26. The molecule has 7 heteroatoms. The van der Waals surface area contributed by atoms with Gasteiger partial charge in [0, 0.05) is 10.7 Å². The smallest absolute Gasteiger partial charge is 0.256 e. The van der Waals surface area contributed by atoms with Crippen molar-refractivity contribution < 1.29 is 19.5 Å². The lowest BCUT2D eigenvalue weighted by atomic mass is 10.2. The first-order valence-corrected chi connectivity index (χ1v) is 7.54. The van der Waals surface area contributed by atoms with Crippen LogP contribution in [0.3, 0.4) is 0 Å². The molecule has 1 heterocycles. The average Bonchev–Trinajstić information content (AvgIpc) is 2.83. The van der Waals surface area contributed by atoms with Gasteiger partial charge < -0.3 is 15.2 Å². The Labute approximate surface area is 142 Å². The highest BCUT2D eigenvalue weighted by molar-refractivity contribution is 6.30.